The molecule has 1 aromatic carbocycles. The van der Waals surface area contributed by atoms with Gasteiger partial charge in [-0.25, -0.2) is 8.42 Å². The van der Waals surface area contributed by atoms with Crippen LogP contribution in [-0.4, -0.2) is 28.3 Å². The molecule has 0 amide bonds. The summed E-state index contributed by atoms with van der Waals surface area (Å²) < 4.78 is 27.9. The first-order valence-electron chi connectivity index (χ1n) is 6.22. The standard InChI is InChI=1S/C12H17NO3S.C2H6.H2/c1-4-5-8-13-11-7-6-10(17(3,14)15)9-12(11)16-2;1-2;/h4-7,9,13H,8H2,1-3H3;1-2H3;1H/b5-4+;;. The Labute approximate surface area is 117 Å². The zero-order valence-corrected chi connectivity index (χ0v) is 13.0. The molecule has 0 saturated carbocycles. The maximum Gasteiger partial charge on any atom is 0.175 e. The number of methoxy groups -OCH3 is 1. The van der Waals surface area contributed by atoms with Crippen LogP contribution in [0.15, 0.2) is 35.2 Å². The van der Waals surface area contributed by atoms with Gasteiger partial charge in [0, 0.05) is 20.3 Å². The maximum absolute atomic E-state index is 11.4. The molecule has 1 N–H and O–H groups in total. The average Bonchev–Trinajstić information content (AvgIpc) is 2.40. The van der Waals surface area contributed by atoms with Crippen molar-refractivity contribution in [1.82, 2.24) is 0 Å². The number of allylic oxidation sites excluding steroid dienone is 1. The Bertz CT molecular complexity index is 513. The molecule has 0 heterocycles. The molecule has 5 heteroatoms. The number of sulfone groups is 1. The predicted octanol–water partition coefficient (Wildman–Crippen LogP) is 3.36. The monoisotopic (exact) mass is 287 g/mol. The van der Waals surface area contributed by atoms with Gasteiger partial charge in [-0.2, -0.15) is 0 Å². The summed E-state index contributed by atoms with van der Waals surface area (Å²) in [6, 6.07) is 4.79. The van der Waals surface area contributed by atoms with E-state index >= 15 is 0 Å². The van der Waals surface area contributed by atoms with Gasteiger partial charge in [0.15, 0.2) is 9.84 Å². The second kappa shape index (κ2) is 8.58. The molecular weight excluding hydrogens is 262 g/mol. The van der Waals surface area contributed by atoms with Crippen molar-refractivity contribution in [2.45, 2.75) is 25.7 Å². The summed E-state index contributed by atoms with van der Waals surface area (Å²) in [5.41, 5.74) is 0.776. The number of rotatable bonds is 5. The molecule has 0 aliphatic rings. The van der Waals surface area contributed by atoms with Gasteiger partial charge in [0.1, 0.15) is 5.75 Å². The molecule has 0 saturated heterocycles. The van der Waals surface area contributed by atoms with Crippen LogP contribution in [0.4, 0.5) is 5.69 Å². The van der Waals surface area contributed by atoms with Gasteiger partial charge in [-0.1, -0.05) is 26.0 Å². The molecular formula is C14H25NO3S. The fourth-order valence-corrected chi connectivity index (χ4v) is 1.97. The van der Waals surface area contributed by atoms with Crippen molar-refractivity contribution in [2.75, 3.05) is 25.2 Å². The molecule has 0 spiro atoms. The SMILES string of the molecule is C/C=C/CNc1ccc(S(C)(=O)=O)cc1OC.CC.[HH]. The molecule has 0 aliphatic heterocycles. The summed E-state index contributed by atoms with van der Waals surface area (Å²) in [5, 5.41) is 3.14. The van der Waals surface area contributed by atoms with Gasteiger partial charge in [-0.05, 0) is 19.1 Å². The highest BCUT2D eigenvalue weighted by molar-refractivity contribution is 7.90. The molecule has 110 valence electrons. The molecule has 0 atom stereocenters. The van der Waals surface area contributed by atoms with Crippen LogP contribution >= 0.6 is 0 Å². The van der Waals surface area contributed by atoms with E-state index < -0.39 is 9.84 Å². The smallest absolute Gasteiger partial charge is 0.175 e. The molecule has 0 radical (unpaired) electrons. The number of ether oxygens (including phenoxy) is 1. The number of benzene rings is 1. The minimum absolute atomic E-state index is 0. The number of hydrogen-bond donors (Lipinski definition) is 1. The van der Waals surface area contributed by atoms with Crippen molar-refractivity contribution in [3.8, 4) is 5.75 Å². The first-order valence-corrected chi connectivity index (χ1v) is 8.11. The predicted molar refractivity (Wildman–Crippen MR) is 82.9 cm³/mol. The first kappa shape index (κ1) is 17.5. The molecule has 4 nitrogen and oxygen atoms in total. The molecule has 1 aromatic rings. The van der Waals surface area contributed by atoms with E-state index in [4.69, 9.17) is 4.74 Å². The van der Waals surface area contributed by atoms with Crippen molar-refractivity contribution in [3.05, 3.63) is 30.4 Å². The first-order chi connectivity index (χ1) is 8.99. The fourth-order valence-electron chi connectivity index (χ4n) is 1.33. The average molecular weight is 287 g/mol. The molecule has 0 fully saturated rings. The van der Waals surface area contributed by atoms with E-state index in [0.717, 1.165) is 5.69 Å². The molecule has 0 aliphatic carbocycles. The highest BCUT2D eigenvalue weighted by Crippen LogP contribution is 2.27. The largest absolute Gasteiger partial charge is 0.495 e. The Morgan fingerprint density at radius 1 is 1.37 bits per heavy atom. The Morgan fingerprint density at radius 3 is 2.47 bits per heavy atom. The van der Waals surface area contributed by atoms with Gasteiger partial charge in [0.25, 0.3) is 0 Å². The minimum atomic E-state index is -3.20. The van der Waals surface area contributed by atoms with Crippen LogP contribution in [0.25, 0.3) is 0 Å². The lowest BCUT2D eigenvalue weighted by Gasteiger charge is -2.11. The van der Waals surface area contributed by atoms with E-state index in [1.54, 1.807) is 12.1 Å². The minimum Gasteiger partial charge on any atom is -0.495 e. The van der Waals surface area contributed by atoms with Crippen LogP contribution in [0, 0.1) is 0 Å². The molecule has 0 aromatic heterocycles. The van der Waals surface area contributed by atoms with Gasteiger partial charge >= 0.3 is 0 Å². The Kier molecular flexibility index (Phi) is 7.91. The second-order valence-corrected chi connectivity index (χ2v) is 5.60. The van der Waals surface area contributed by atoms with Crippen molar-refractivity contribution < 1.29 is 14.6 Å². The van der Waals surface area contributed by atoms with Gasteiger partial charge in [0.2, 0.25) is 0 Å². The highest BCUT2D eigenvalue weighted by atomic mass is 32.2. The van der Waals surface area contributed by atoms with Crippen molar-refractivity contribution in [1.29, 1.82) is 0 Å². The third kappa shape index (κ3) is 5.79. The van der Waals surface area contributed by atoms with E-state index in [-0.39, 0.29) is 6.32 Å². The Balaban J connectivity index is 0. The fraction of sp³-hybridized carbons (Fsp3) is 0.429. The van der Waals surface area contributed by atoms with Crippen LogP contribution in [-0.2, 0) is 9.84 Å². The highest BCUT2D eigenvalue weighted by Gasteiger charge is 2.10. The van der Waals surface area contributed by atoms with E-state index in [0.29, 0.717) is 12.3 Å². The summed E-state index contributed by atoms with van der Waals surface area (Å²) in [5.74, 6) is 0.525. The van der Waals surface area contributed by atoms with E-state index in [1.807, 2.05) is 32.9 Å². The molecule has 0 unspecified atom stereocenters. The summed E-state index contributed by atoms with van der Waals surface area (Å²) in [6.45, 7) is 6.61. The molecule has 0 bridgehead atoms. The van der Waals surface area contributed by atoms with Crippen LogP contribution in [0.2, 0.25) is 0 Å². The Hall–Kier alpha value is -1.49. The van der Waals surface area contributed by atoms with Crippen molar-refractivity contribution >= 4 is 15.5 Å². The molecule has 1 rings (SSSR count). The van der Waals surface area contributed by atoms with Gasteiger partial charge in [-0.15, -0.1) is 0 Å². The van der Waals surface area contributed by atoms with Gasteiger partial charge in [0.05, 0.1) is 17.7 Å². The van der Waals surface area contributed by atoms with Crippen LogP contribution in [0.5, 0.6) is 5.75 Å². The Morgan fingerprint density at radius 2 is 2.00 bits per heavy atom. The number of hydrogen-bond acceptors (Lipinski definition) is 4. The van der Waals surface area contributed by atoms with E-state index in [9.17, 15) is 8.42 Å². The van der Waals surface area contributed by atoms with Crippen LogP contribution in [0.3, 0.4) is 0 Å². The van der Waals surface area contributed by atoms with Crippen LogP contribution in [0.1, 0.15) is 22.2 Å². The van der Waals surface area contributed by atoms with Crippen LogP contribution < -0.4 is 10.1 Å². The summed E-state index contributed by atoms with van der Waals surface area (Å²) >= 11 is 0. The lowest BCUT2D eigenvalue weighted by Crippen LogP contribution is -2.03. The van der Waals surface area contributed by atoms with Crippen molar-refractivity contribution in [2.24, 2.45) is 0 Å². The number of nitrogens with one attached hydrogen (secondary N) is 1. The molecule has 19 heavy (non-hydrogen) atoms. The van der Waals surface area contributed by atoms with E-state index in [1.165, 1.54) is 19.4 Å². The lowest BCUT2D eigenvalue weighted by molar-refractivity contribution is 0.415. The normalized spacial score (nSPS) is 10.8. The zero-order chi connectivity index (χ0) is 14.9. The summed E-state index contributed by atoms with van der Waals surface area (Å²) in [7, 11) is -1.68. The quantitative estimate of drug-likeness (QED) is 0.844. The lowest BCUT2D eigenvalue weighted by atomic mass is 10.3. The van der Waals surface area contributed by atoms with E-state index in [2.05, 4.69) is 5.32 Å². The maximum atomic E-state index is 11.4. The number of anilines is 1. The summed E-state index contributed by atoms with van der Waals surface area (Å²) in [6.07, 6.45) is 5.07. The van der Waals surface area contributed by atoms with Gasteiger partial charge < -0.3 is 10.1 Å². The third-order valence-electron chi connectivity index (χ3n) is 2.25. The zero-order valence-electron chi connectivity index (χ0n) is 12.2. The van der Waals surface area contributed by atoms with Crippen molar-refractivity contribution in [3.63, 3.8) is 0 Å². The second-order valence-electron chi connectivity index (χ2n) is 3.58. The third-order valence-corrected chi connectivity index (χ3v) is 3.36. The van der Waals surface area contributed by atoms with Gasteiger partial charge in [-0.3, -0.25) is 0 Å². The summed E-state index contributed by atoms with van der Waals surface area (Å²) in [4.78, 5) is 0.255. The topological polar surface area (TPSA) is 55.4 Å².